The number of aromatic nitrogens is 2. The number of alkyl halides is 3. The van der Waals surface area contributed by atoms with E-state index >= 15 is 0 Å². The summed E-state index contributed by atoms with van der Waals surface area (Å²) in [4.78, 5) is 16.3. The topological polar surface area (TPSA) is 56.5 Å². The van der Waals surface area contributed by atoms with Gasteiger partial charge in [-0.2, -0.15) is 18.3 Å². The molecule has 3 rings (SSSR count). The maximum absolute atomic E-state index is 12.7. The van der Waals surface area contributed by atoms with E-state index in [0.717, 1.165) is 42.8 Å². The van der Waals surface area contributed by atoms with Crippen LogP contribution in [0, 0.1) is 0 Å². The van der Waals surface area contributed by atoms with Gasteiger partial charge in [-0.05, 0) is 42.8 Å². The monoisotopic (exact) mass is 415 g/mol. The first kappa shape index (κ1) is 21.3. The Hall–Kier alpha value is -3.42. The second kappa shape index (κ2) is 9.39. The number of hydrogen-bond acceptors (Lipinski definition) is 3. The Morgan fingerprint density at radius 2 is 1.80 bits per heavy atom. The molecule has 0 unspecified atom stereocenters. The number of amides is 1. The van der Waals surface area contributed by atoms with Crippen molar-refractivity contribution in [1.82, 2.24) is 9.78 Å². The number of carbonyl (C=O) groups excluding carboxylic acids is 1. The predicted octanol–water partition coefficient (Wildman–Crippen LogP) is 4.81. The van der Waals surface area contributed by atoms with Crippen molar-refractivity contribution in [3.8, 4) is 11.6 Å². The average Bonchev–Trinajstić information content (AvgIpc) is 2.74. The molecule has 0 atom stereocenters. The largest absolute Gasteiger partial charge is 0.478 e. The first-order chi connectivity index (χ1) is 14.4. The van der Waals surface area contributed by atoms with E-state index in [-0.39, 0.29) is 10.9 Å². The van der Waals surface area contributed by atoms with Gasteiger partial charge < -0.3 is 4.74 Å². The Balaban J connectivity index is 1.92. The first-order valence-electron chi connectivity index (χ1n) is 9.42. The summed E-state index contributed by atoms with van der Waals surface area (Å²) in [5, 5.41) is 4.57. The minimum atomic E-state index is -4.46. The summed E-state index contributed by atoms with van der Waals surface area (Å²) in [5.41, 5.74) is 0.0109. The van der Waals surface area contributed by atoms with Crippen molar-refractivity contribution < 1.29 is 22.7 Å². The van der Waals surface area contributed by atoms with Crippen LogP contribution in [-0.4, -0.2) is 22.3 Å². The quantitative estimate of drug-likeness (QED) is 0.543. The third kappa shape index (κ3) is 5.34. The summed E-state index contributed by atoms with van der Waals surface area (Å²) in [6.07, 6.45) is -1.25. The van der Waals surface area contributed by atoms with Crippen LogP contribution in [0.25, 0.3) is 5.69 Å². The fourth-order valence-electron chi connectivity index (χ4n) is 2.63. The molecule has 0 N–H and O–H groups in total. The molecule has 0 fully saturated rings. The summed E-state index contributed by atoms with van der Waals surface area (Å²) in [6.45, 7) is 2.52. The van der Waals surface area contributed by atoms with Gasteiger partial charge in [0.25, 0.3) is 5.91 Å². The lowest BCUT2D eigenvalue weighted by molar-refractivity contribution is -0.137. The zero-order valence-electron chi connectivity index (χ0n) is 16.3. The number of halogens is 3. The second-order valence-electron chi connectivity index (χ2n) is 6.49. The van der Waals surface area contributed by atoms with Crippen LogP contribution in [-0.2, 0) is 6.18 Å². The molecule has 1 aromatic heterocycles. The molecule has 0 aliphatic heterocycles. The summed E-state index contributed by atoms with van der Waals surface area (Å²) in [6, 6.07) is 14.9. The molecule has 156 valence electrons. The number of carbonyl (C=O) groups is 1. The normalized spacial score (nSPS) is 12.1. The van der Waals surface area contributed by atoms with E-state index in [2.05, 4.69) is 10.1 Å². The van der Waals surface area contributed by atoms with Crippen LogP contribution in [0.4, 0.5) is 13.2 Å². The third-order valence-electron chi connectivity index (χ3n) is 4.22. The van der Waals surface area contributed by atoms with Gasteiger partial charge in [-0.15, -0.1) is 0 Å². The predicted molar refractivity (Wildman–Crippen MR) is 105 cm³/mol. The molecule has 0 radical (unpaired) electrons. The van der Waals surface area contributed by atoms with E-state index in [1.54, 1.807) is 10.7 Å². The Morgan fingerprint density at radius 1 is 1.10 bits per heavy atom. The Bertz CT molecular complexity index is 1060. The van der Waals surface area contributed by atoms with Crippen molar-refractivity contribution in [2.24, 2.45) is 4.99 Å². The van der Waals surface area contributed by atoms with Crippen LogP contribution >= 0.6 is 0 Å². The molecule has 0 spiro atoms. The molecule has 0 aliphatic rings. The maximum atomic E-state index is 12.7. The van der Waals surface area contributed by atoms with E-state index in [1.807, 2.05) is 37.3 Å². The van der Waals surface area contributed by atoms with Crippen molar-refractivity contribution >= 4 is 5.91 Å². The molecule has 0 bridgehead atoms. The van der Waals surface area contributed by atoms with E-state index in [0.29, 0.717) is 12.5 Å². The molecular weight excluding hydrogens is 395 g/mol. The van der Waals surface area contributed by atoms with E-state index in [9.17, 15) is 18.0 Å². The highest BCUT2D eigenvalue weighted by Gasteiger charge is 2.30. The molecule has 5 nitrogen and oxygen atoms in total. The van der Waals surface area contributed by atoms with Crippen LogP contribution in [0.2, 0.25) is 0 Å². The van der Waals surface area contributed by atoms with Crippen LogP contribution < -0.4 is 10.1 Å². The molecule has 30 heavy (non-hydrogen) atoms. The number of para-hydroxylation sites is 1. The number of unbranched alkanes of at least 4 members (excludes halogenated alkanes) is 1. The maximum Gasteiger partial charge on any atom is 0.416 e. The summed E-state index contributed by atoms with van der Waals surface area (Å²) < 4.78 is 45.5. The van der Waals surface area contributed by atoms with E-state index in [1.165, 1.54) is 6.20 Å². The number of ether oxygens (including phenoxy) is 1. The van der Waals surface area contributed by atoms with Crippen molar-refractivity contribution in [2.75, 3.05) is 6.61 Å². The highest BCUT2D eigenvalue weighted by molar-refractivity contribution is 5.94. The van der Waals surface area contributed by atoms with Gasteiger partial charge in [0.2, 0.25) is 5.88 Å². The van der Waals surface area contributed by atoms with Crippen LogP contribution in [0.1, 0.15) is 35.7 Å². The number of nitrogens with zero attached hydrogens (tertiary/aromatic N) is 3. The zero-order valence-corrected chi connectivity index (χ0v) is 16.3. The van der Waals surface area contributed by atoms with Crippen LogP contribution in [0.15, 0.2) is 71.9 Å². The molecule has 1 heterocycles. The highest BCUT2D eigenvalue weighted by atomic mass is 19.4. The van der Waals surface area contributed by atoms with Gasteiger partial charge in [0.1, 0.15) is 0 Å². The SMILES string of the molecule is CCCCOc1c/c(=N\C(=O)c2ccc(C(F)(F)F)cc2)cnn1-c1ccccc1. The van der Waals surface area contributed by atoms with Crippen molar-refractivity contribution in [3.05, 3.63) is 83.3 Å². The second-order valence-corrected chi connectivity index (χ2v) is 6.49. The molecule has 2 aromatic carbocycles. The van der Waals surface area contributed by atoms with Crippen molar-refractivity contribution in [3.63, 3.8) is 0 Å². The third-order valence-corrected chi connectivity index (χ3v) is 4.22. The molecule has 0 saturated carbocycles. The van der Waals surface area contributed by atoms with E-state index in [4.69, 9.17) is 4.74 Å². The number of hydrogen-bond donors (Lipinski definition) is 0. The Morgan fingerprint density at radius 3 is 2.43 bits per heavy atom. The minimum Gasteiger partial charge on any atom is -0.478 e. The lowest BCUT2D eigenvalue weighted by Crippen LogP contribution is -2.16. The summed E-state index contributed by atoms with van der Waals surface area (Å²) >= 11 is 0. The molecule has 0 saturated heterocycles. The van der Waals surface area contributed by atoms with Gasteiger partial charge in [-0.1, -0.05) is 31.5 Å². The number of benzene rings is 2. The zero-order chi connectivity index (χ0) is 21.6. The van der Waals surface area contributed by atoms with Gasteiger partial charge >= 0.3 is 6.18 Å². The van der Waals surface area contributed by atoms with Crippen molar-refractivity contribution in [1.29, 1.82) is 0 Å². The minimum absolute atomic E-state index is 0.0521. The molecular formula is C22H20F3N3O2. The molecule has 1 amide bonds. The Kier molecular flexibility index (Phi) is 6.66. The van der Waals surface area contributed by atoms with Gasteiger partial charge in [0.15, 0.2) is 0 Å². The first-order valence-corrected chi connectivity index (χ1v) is 9.42. The standard InChI is InChI=1S/C22H20F3N3O2/c1-2-3-13-30-20-14-18(15-26-28(20)19-7-5-4-6-8-19)27-21(29)16-9-11-17(12-10-16)22(23,24)25/h4-12,14-15H,2-3,13H2,1H3/b27-18+. The fourth-order valence-corrected chi connectivity index (χ4v) is 2.63. The Labute approximate surface area is 171 Å². The molecule has 3 aromatic rings. The van der Waals surface area contributed by atoms with E-state index < -0.39 is 17.6 Å². The lowest BCUT2D eigenvalue weighted by atomic mass is 10.1. The summed E-state index contributed by atoms with van der Waals surface area (Å²) in [7, 11) is 0. The van der Waals surface area contributed by atoms with Gasteiger partial charge in [-0.25, -0.2) is 9.67 Å². The van der Waals surface area contributed by atoms with Crippen LogP contribution in [0.5, 0.6) is 5.88 Å². The molecule has 0 aliphatic carbocycles. The van der Waals surface area contributed by atoms with Gasteiger partial charge in [0, 0.05) is 11.6 Å². The average molecular weight is 415 g/mol. The fraction of sp³-hybridized carbons (Fsp3) is 0.227. The smallest absolute Gasteiger partial charge is 0.416 e. The van der Waals surface area contributed by atoms with Gasteiger partial charge in [0.05, 0.1) is 29.4 Å². The highest BCUT2D eigenvalue weighted by Crippen LogP contribution is 2.29. The van der Waals surface area contributed by atoms with Crippen LogP contribution in [0.3, 0.4) is 0 Å². The van der Waals surface area contributed by atoms with Gasteiger partial charge in [-0.3, -0.25) is 4.79 Å². The summed E-state index contributed by atoms with van der Waals surface area (Å²) in [5.74, 6) is -0.251. The molecule has 8 heteroatoms. The number of rotatable bonds is 6. The van der Waals surface area contributed by atoms with Crippen molar-refractivity contribution in [2.45, 2.75) is 25.9 Å². The lowest BCUT2D eigenvalue weighted by Gasteiger charge is -2.13.